The van der Waals surface area contributed by atoms with Crippen LogP contribution in [-0.4, -0.2) is 6.04 Å². The molecule has 0 aromatic heterocycles. The maximum absolute atomic E-state index is 6.37. The lowest BCUT2D eigenvalue weighted by Gasteiger charge is -2.37. The Morgan fingerprint density at radius 1 is 1.21 bits per heavy atom. The Morgan fingerprint density at radius 3 is 2.21 bits per heavy atom. The molecule has 14 heavy (non-hydrogen) atoms. The monoisotopic (exact) mass is 197 g/mol. The maximum atomic E-state index is 6.37. The molecule has 1 fully saturated rings. The summed E-state index contributed by atoms with van der Waals surface area (Å²) in [5.41, 5.74) is 6.88. The fourth-order valence-corrected chi connectivity index (χ4v) is 3.24. The molecule has 0 aromatic carbocycles. The average molecular weight is 197 g/mol. The standard InChI is InChI=1S/C13H27N/c1-4-7-12(14)13(10-11(2)3)8-5-6-9-13/h11-12H,4-10,14H2,1-3H3. The Bertz CT molecular complexity index is 157. The zero-order chi connectivity index (χ0) is 10.6. The predicted octanol–water partition coefficient (Wildman–Crippen LogP) is 3.72. The molecule has 84 valence electrons. The lowest BCUT2D eigenvalue weighted by molar-refractivity contribution is 0.174. The molecule has 2 N–H and O–H groups in total. The third kappa shape index (κ3) is 2.73. The lowest BCUT2D eigenvalue weighted by atomic mass is 9.71. The average Bonchev–Trinajstić information content (AvgIpc) is 2.53. The minimum absolute atomic E-state index is 0.456. The van der Waals surface area contributed by atoms with Crippen molar-refractivity contribution in [1.29, 1.82) is 0 Å². The van der Waals surface area contributed by atoms with Gasteiger partial charge in [0.15, 0.2) is 0 Å². The molecule has 0 saturated heterocycles. The lowest BCUT2D eigenvalue weighted by Crippen LogP contribution is -2.40. The topological polar surface area (TPSA) is 26.0 Å². The van der Waals surface area contributed by atoms with E-state index >= 15 is 0 Å². The van der Waals surface area contributed by atoms with Crippen LogP contribution in [-0.2, 0) is 0 Å². The van der Waals surface area contributed by atoms with Crippen molar-refractivity contribution in [2.75, 3.05) is 0 Å². The molecule has 1 saturated carbocycles. The van der Waals surface area contributed by atoms with Gasteiger partial charge in [0.25, 0.3) is 0 Å². The summed E-state index contributed by atoms with van der Waals surface area (Å²) in [5.74, 6) is 0.802. The second kappa shape index (κ2) is 5.16. The summed E-state index contributed by atoms with van der Waals surface area (Å²) >= 11 is 0. The fourth-order valence-electron chi connectivity index (χ4n) is 3.24. The highest BCUT2D eigenvalue weighted by Crippen LogP contribution is 2.46. The first-order valence-corrected chi connectivity index (χ1v) is 6.36. The molecule has 0 amide bonds. The molecule has 1 heteroatoms. The number of rotatable bonds is 5. The molecule has 0 aliphatic heterocycles. The molecule has 1 unspecified atom stereocenters. The van der Waals surface area contributed by atoms with Crippen LogP contribution in [0.2, 0.25) is 0 Å². The van der Waals surface area contributed by atoms with Crippen molar-refractivity contribution in [3.63, 3.8) is 0 Å². The largest absolute Gasteiger partial charge is 0.327 e. The van der Waals surface area contributed by atoms with E-state index in [2.05, 4.69) is 20.8 Å². The van der Waals surface area contributed by atoms with Gasteiger partial charge in [-0.1, -0.05) is 40.0 Å². The molecular weight excluding hydrogens is 170 g/mol. The number of nitrogens with two attached hydrogens (primary N) is 1. The van der Waals surface area contributed by atoms with E-state index in [0.717, 1.165) is 5.92 Å². The molecular formula is C13H27N. The minimum Gasteiger partial charge on any atom is -0.327 e. The summed E-state index contributed by atoms with van der Waals surface area (Å²) in [6, 6.07) is 0.456. The van der Waals surface area contributed by atoms with Gasteiger partial charge in [-0.3, -0.25) is 0 Å². The van der Waals surface area contributed by atoms with Crippen LogP contribution < -0.4 is 5.73 Å². The van der Waals surface area contributed by atoms with Crippen molar-refractivity contribution in [3.05, 3.63) is 0 Å². The SMILES string of the molecule is CCCC(N)C1(CC(C)C)CCCC1. The highest BCUT2D eigenvalue weighted by atomic mass is 14.7. The van der Waals surface area contributed by atoms with E-state index in [9.17, 15) is 0 Å². The van der Waals surface area contributed by atoms with Crippen LogP contribution in [0, 0.1) is 11.3 Å². The third-order valence-electron chi connectivity index (χ3n) is 3.80. The summed E-state index contributed by atoms with van der Waals surface area (Å²) in [5, 5.41) is 0. The van der Waals surface area contributed by atoms with Gasteiger partial charge in [-0.05, 0) is 37.0 Å². The van der Waals surface area contributed by atoms with E-state index in [4.69, 9.17) is 5.73 Å². The van der Waals surface area contributed by atoms with Gasteiger partial charge in [-0.25, -0.2) is 0 Å². The molecule has 0 bridgehead atoms. The van der Waals surface area contributed by atoms with Crippen LogP contribution in [0.4, 0.5) is 0 Å². The molecule has 1 aliphatic carbocycles. The Hall–Kier alpha value is -0.0400. The third-order valence-corrected chi connectivity index (χ3v) is 3.80. The normalized spacial score (nSPS) is 22.9. The summed E-state index contributed by atoms with van der Waals surface area (Å²) < 4.78 is 0. The molecule has 0 heterocycles. The van der Waals surface area contributed by atoms with Gasteiger partial charge in [-0.15, -0.1) is 0 Å². The fraction of sp³-hybridized carbons (Fsp3) is 1.00. The van der Waals surface area contributed by atoms with Crippen LogP contribution in [0.15, 0.2) is 0 Å². The molecule has 1 atom stereocenters. The van der Waals surface area contributed by atoms with Crippen molar-refractivity contribution in [2.45, 2.75) is 71.8 Å². The van der Waals surface area contributed by atoms with Crippen molar-refractivity contribution in [3.8, 4) is 0 Å². The van der Waals surface area contributed by atoms with Crippen LogP contribution in [0.1, 0.15) is 65.7 Å². The highest BCUT2D eigenvalue weighted by molar-refractivity contribution is 4.93. The zero-order valence-corrected chi connectivity index (χ0v) is 10.2. The van der Waals surface area contributed by atoms with E-state index in [1.54, 1.807) is 0 Å². The molecule has 1 rings (SSSR count). The van der Waals surface area contributed by atoms with Gasteiger partial charge in [-0.2, -0.15) is 0 Å². The van der Waals surface area contributed by atoms with Crippen LogP contribution in [0.3, 0.4) is 0 Å². The number of hydrogen-bond donors (Lipinski definition) is 1. The van der Waals surface area contributed by atoms with Crippen molar-refractivity contribution in [1.82, 2.24) is 0 Å². The van der Waals surface area contributed by atoms with Crippen molar-refractivity contribution >= 4 is 0 Å². The molecule has 0 aromatic rings. The number of hydrogen-bond acceptors (Lipinski definition) is 1. The molecule has 1 nitrogen and oxygen atoms in total. The summed E-state index contributed by atoms with van der Waals surface area (Å²) in [4.78, 5) is 0. The first kappa shape index (κ1) is 12.0. The molecule has 0 spiro atoms. The Labute approximate surface area is 89.5 Å². The van der Waals surface area contributed by atoms with Gasteiger partial charge in [0.05, 0.1) is 0 Å². The van der Waals surface area contributed by atoms with E-state index in [0.29, 0.717) is 11.5 Å². The van der Waals surface area contributed by atoms with Gasteiger partial charge >= 0.3 is 0 Å². The Morgan fingerprint density at radius 2 is 1.79 bits per heavy atom. The van der Waals surface area contributed by atoms with Crippen molar-refractivity contribution < 1.29 is 0 Å². The van der Waals surface area contributed by atoms with E-state index in [1.807, 2.05) is 0 Å². The minimum atomic E-state index is 0.456. The zero-order valence-electron chi connectivity index (χ0n) is 10.2. The van der Waals surface area contributed by atoms with Crippen LogP contribution >= 0.6 is 0 Å². The quantitative estimate of drug-likeness (QED) is 0.714. The van der Waals surface area contributed by atoms with E-state index in [1.165, 1.54) is 44.9 Å². The predicted molar refractivity (Wildman–Crippen MR) is 63.2 cm³/mol. The second-order valence-corrected chi connectivity index (χ2v) is 5.56. The molecule has 1 aliphatic rings. The first-order valence-electron chi connectivity index (χ1n) is 6.36. The first-order chi connectivity index (χ1) is 6.60. The van der Waals surface area contributed by atoms with Gasteiger partial charge < -0.3 is 5.73 Å². The van der Waals surface area contributed by atoms with E-state index < -0.39 is 0 Å². The van der Waals surface area contributed by atoms with Crippen LogP contribution in [0.5, 0.6) is 0 Å². The van der Waals surface area contributed by atoms with Gasteiger partial charge in [0.1, 0.15) is 0 Å². The smallest absolute Gasteiger partial charge is 0.00955 e. The summed E-state index contributed by atoms with van der Waals surface area (Å²) in [6.07, 6.45) is 9.37. The Kier molecular flexibility index (Phi) is 4.43. The van der Waals surface area contributed by atoms with Crippen molar-refractivity contribution in [2.24, 2.45) is 17.1 Å². The summed E-state index contributed by atoms with van der Waals surface area (Å²) in [6.45, 7) is 6.91. The van der Waals surface area contributed by atoms with Gasteiger partial charge in [0.2, 0.25) is 0 Å². The van der Waals surface area contributed by atoms with E-state index in [-0.39, 0.29) is 0 Å². The Balaban J connectivity index is 2.60. The maximum Gasteiger partial charge on any atom is 0.00955 e. The second-order valence-electron chi connectivity index (χ2n) is 5.56. The van der Waals surface area contributed by atoms with Gasteiger partial charge in [0, 0.05) is 6.04 Å². The van der Waals surface area contributed by atoms with Crippen LogP contribution in [0.25, 0.3) is 0 Å². The summed E-state index contributed by atoms with van der Waals surface area (Å²) in [7, 11) is 0. The highest BCUT2D eigenvalue weighted by Gasteiger charge is 2.38. The molecule has 0 radical (unpaired) electrons.